The second kappa shape index (κ2) is 7.07. The molecule has 0 spiro atoms. The lowest BCUT2D eigenvalue weighted by Gasteiger charge is -2.19. The van der Waals surface area contributed by atoms with E-state index in [4.69, 9.17) is 27.9 Å². The van der Waals surface area contributed by atoms with Gasteiger partial charge in [0.15, 0.2) is 0 Å². The van der Waals surface area contributed by atoms with E-state index < -0.39 is 0 Å². The molecule has 126 valence electrons. The third kappa shape index (κ3) is 4.37. The molecule has 2 heterocycles. The molecule has 2 rings (SSSR count). The number of rotatable bonds is 5. The highest BCUT2D eigenvalue weighted by molar-refractivity contribution is 6.41. The van der Waals surface area contributed by atoms with Gasteiger partial charge >= 0.3 is 0 Å². The maximum atomic E-state index is 6.09. The Kier molecular flexibility index (Phi) is 5.55. The Bertz CT molecular complexity index is 692. The first-order valence-corrected chi connectivity index (χ1v) is 8.09. The van der Waals surface area contributed by atoms with Crippen molar-refractivity contribution in [1.29, 1.82) is 0 Å². The van der Waals surface area contributed by atoms with Gasteiger partial charge in [-0.15, -0.1) is 0 Å². The van der Waals surface area contributed by atoms with Crippen LogP contribution in [0.3, 0.4) is 0 Å². The SMILES string of the molecule is COCc1cc(NCc2cc(Cl)c(Cl)n2C)nc(C(C)(C)C)n1. The van der Waals surface area contributed by atoms with Gasteiger partial charge in [-0.1, -0.05) is 44.0 Å². The van der Waals surface area contributed by atoms with E-state index in [0.29, 0.717) is 23.3 Å². The number of aromatic nitrogens is 3. The maximum absolute atomic E-state index is 6.09. The van der Waals surface area contributed by atoms with Gasteiger partial charge in [0.1, 0.15) is 16.8 Å². The Morgan fingerprint density at radius 2 is 1.91 bits per heavy atom. The minimum absolute atomic E-state index is 0.141. The van der Waals surface area contributed by atoms with Gasteiger partial charge in [0.2, 0.25) is 0 Å². The second-order valence-corrected chi connectivity index (χ2v) is 7.20. The number of methoxy groups -OCH3 is 1. The second-order valence-electron chi connectivity index (χ2n) is 6.44. The van der Waals surface area contributed by atoms with Crippen molar-refractivity contribution < 1.29 is 4.74 Å². The average Bonchev–Trinajstić information content (AvgIpc) is 2.72. The highest BCUT2D eigenvalue weighted by Crippen LogP contribution is 2.26. The molecule has 0 radical (unpaired) electrons. The number of halogens is 2. The van der Waals surface area contributed by atoms with Crippen molar-refractivity contribution in [1.82, 2.24) is 14.5 Å². The van der Waals surface area contributed by atoms with Gasteiger partial charge < -0.3 is 14.6 Å². The van der Waals surface area contributed by atoms with Crippen LogP contribution in [0.25, 0.3) is 0 Å². The molecule has 0 saturated heterocycles. The Labute approximate surface area is 147 Å². The van der Waals surface area contributed by atoms with Crippen LogP contribution in [0, 0.1) is 0 Å². The third-order valence-corrected chi connectivity index (χ3v) is 4.25. The van der Waals surface area contributed by atoms with Crippen LogP contribution in [-0.4, -0.2) is 21.6 Å². The lowest BCUT2D eigenvalue weighted by molar-refractivity contribution is 0.181. The smallest absolute Gasteiger partial charge is 0.136 e. The van der Waals surface area contributed by atoms with E-state index in [0.717, 1.165) is 23.0 Å². The van der Waals surface area contributed by atoms with Crippen LogP contribution in [0.2, 0.25) is 10.2 Å². The molecular formula is C16H22Cl2N4O. The Morgan fingerprint density at radius 1 is 1.22 bits per heavy atom. The minimum atomic E-state index is -0.141. The third-order valence-electron chi connectivity index (χ3n) is 3.41. The predicted molar refractivity (Wildman–Crippen MR) is 94.2 cm³/mol. The minimum Gasteiger partial charge on any atom is -0.378 e. The fourth-order valence-electron chi connectivity index (χ4n) is 2.08. The standard InChI is InChI=1S/C16H22Cl2N4O/c1-16(2,3)15-20-10(9-23-5)6-13(21-15)19-8-11-7-12(17)14(18)22(11)4/h6-7H,8-9H2,1-5H3,(H,19,20,21). The van der Waals surface area contributed by atoms with Crippen molar-refractivity contribution in [2.24, 2.45) is 7.05 Å². The maximum Gasteiger partial charge on any atom is 0.136 e. The van der Waals surface area contributed by atoms with Crippen LogP contribution in [-0.2, 0) is 30.4 Å². The van der Waals surface area contributed by atoms with Gasteiger partial charge in [-0.05, 0) is 6.07 Å². The summed E-state index contributed by atoms with van der Waals surface area (Å²) in [6.07, 6.45) is 0. The predicted octanol–water partition coefficient (Wildman–Crippen LogP) is 4.18. The highest BCUT2D eigenvalue weighted by Gasteiger charge is 2.19. The summed E-state index contributed by atoms with van der Waals surface area (Å²) >= 11 is 12.1. The first-order valence-electron chi connectivity index (χ1n) is 7.33. The van der Waals surface area contributed by atoms with Crippen LogP contribution in [0.15, 0.2) is 12.1 Å². The monoisotopic (exact) mass is 356 g/mol. The summed E-state index contributed by atoms with van der Waals surface area (Å²) in [6.45, 7) is 7.26. The molecule has 0 aliphatic heterocycles. The molecule has 1 N–H and O–H groups in total. The highest BCUT2D eigenvalue weighted by atomic mass is 35.5. The van der Waals surface area contributed by atoms with Gasteiger partial charge in [-0.25, -0.2) is 9.97 Å². The van der Waals surface area contributed by atoms with Gasteiger partial charge in [-0.3, -0.25) is 0 Å². The molecule has 23 heavy (non-hydrogen) atoms. The van der Waals surface area contributed by atoms with Crippen LogP contribution in [0.4, 0.5) is 5.82 Å². The number of anilines is 1. The zero-order valence-electron chi connectivity index (χ0n) is 14.1. The molecule has 0 aliphatic rings. The number of ether oxygens (including phenoxy) is 1. The van der Waals surface area contributed by atoms with Crippen molar-refractivity contribution in [2.75, 3.05) is 12.4 Å². The van der Waals surface area contributed by atoms with E-state index in [1.807, 2.05) is 23.7 Å². The molecule has 2 aromatic rings. The van der Waals surface area contributed by atoms with Crippen LogP contribution >= 0.6 is 23.2 Å². The zero-order valence-corrected chi connectivity index (χ0v) is 15.6. The Morgan fingerprint density at radius 3 is 2.43 bits per heavy atom. The molecule has 0 saturated carbocycles. The van der Waals surface area contributed by atoms with Crippen molar-refractivity contribution in [3.8, 4) is 0 Å². The first-order chi connectivity index (χ1) is 10.7. The Balaban J connectivity index is 2.24. The first kappa shape index (κ1) is 18.0. The molecule has 7 heteroatoms. The summed E-state index contributed by atoms with van der Waals surface area (Å²) in [5, 5.41) is 4.38. The summed E-state index contributed by atoms with van der Waals surface area (Å²) < 4.78 is 7.04. The summed E-state index contributed by atoms with van der Waals surface area (Å²) in [5.74, 6) is 1.53. The molecule has 0 fully saturated rings. The van der Waals surface area contributed by atoms with E-state index >= 15 is 0 Å². The number of nitrogens with zero attached hydrogens (tertiary/aromatic N) is 3. The van der Waals surface area contributed by atoms with Crippen LogP contribution < -0.4 is 5.32 Å². The normalized spacial score (nSPS) is 11.8. The van der Waals surface area contributed by atoms with Crippen molar-refractivity contribution in [3.63, 3.8) is 0 Å². The molecular weight excluding hydrogens is 335 g/mol. The van der Waals surface area contributed by atoms with Crippen molar-refractivity contribution in [3.05, 3.63) is 39.5 Å². The lowest BCUT2D eigenvalue weighted by Crippen LogP contribution is -2.19. The lowest BCUT2D eigenvalue weighted by atomic mass is 9.95. The van der Waals surface area contributed by atoms with Crippen molar-refractivity contribution >= 4 is 29.0 Å². The van der Waals surface area contributed by atoms with E-state index in [9.17, 15) is 0 Å². The van der Waals surface area contributed by atoms with Gasteiger partial charge in [0.05, 0.1) is 23.9 Å². The summed E-state index contributed by atoms with van der Waals surface area (Å²) in [5.41, 5.74) is 1.68. The van der Waals surface area contributed by atoms with E-state index in [2.05, 4.69) is 36.1 Å². The molecule has 0 atom stereocenters. The largest absolute Gasteiger partial charge is 0.378 e. The molecule has 5 nitrogen and oxygen atoms in total. The molecule has 0 aromatic carbocycles. The summed E-state index contributed by atoms with van der Waals surface area (Å²) in [7, 11) is 3.53. The van der Waals surface area contributed by atoms with Crippen LogP contribution in [0.5, 0.6) is 0 Å². The zero-order chi connectivity index (χ0) is 17.2. The number of nitrogens with one attached hydrogen (secondary N) is 1. The topological polar surface area (TPSA) is 52.0 Å². The summed E-state index contributed by atoms with van der Waals surface area (Å²) in [6, 6.07) is 3.74. The fourth-order valence-corrected chi connectivity index (χ4v) is 2.50. The number of hydrogen-bond donors (Lipinski definition) is 1. The van der Waals surface area contributed by atoms with Crippen LogP contribution in [0.1, 0.15) is 38.0 Å². The number of hydrogen-bond acceptors (Lipinski definition) is 4. The molecule has 0 aliphatic carbocycles. The van der Waals surface area contributed by atoms with Gasteiger partial charge in [0.25, 0.3) is 0 Å². The summed E-state index contributed by atoms with van der Waals surface area (Å²) in [4.78, 5) is 9.17. The fraction of sp³-hybridized carbons (Fsp3) is 0.500. The Hall–Kier alpha value is -1.30. The average molecular weight is 357 g/mol. The molecule has 2 aromatic heterocycles. The molecule has 0 bridgehead atoms. The van der Waals surface area contributed by atoms with Gasteiger partial charge in [0, 0.05) is 31.3 Å². The van der Waals surface area contributed by atoms with Crippen molar-refractivity contribution in [2.45, 2.75) is 39.3 Å². The van der Waals surface area contributed by atoms with E-state index in [1.54, 1.807) is 7.11 Å². The molecule has 0 amide bonds. The van der Waals surface area contributed by atoms with E-state index in [1.165, 1.54) is 0 Å². The van der Waals surface area contributed by atoms with E-state index in [-0.39, 0.29) is 5.41 Å². The molecule has 0 unspecified atom stereocenters. The van der Waals surface area contributed by atoms with Gasteiger partial charge in [-0.2, -0.15) is 0 Å². The quantitative estimate of drug-likeness (QED) is 0.872.